The molecule has 0 bridgehead atoms. The fraction of sp³-hybridized carbons (Fsp3) is 0.269. The van der Waals surface area contributed by atoms with E-state index in [1.807, 2.05) is 42.5 Å². The van der Waals surface area contributed by atoms with Gasteiger partial charge in [-0.3, -0.25) is 0 Å². The van der Waals surface area contributed by atoms with Gasteiger partial charge < -0.3 is 4.74 Å². The first-order chi connectivity index (χ1) is 13.9. The van der Waals surface area contributed by atoms with Crippen LogP contribution >= 0.6 is 7.92 Å². The summed E-state index contributed by atoms with van der Waals surface area (Å²) in [5, 5.41) is 2.29. The zero-order valence-electron chi connectivity index (χ0n) is 17.8. The van der Waals surface area contributed by atoms with Crippen molar-refractivity contribution in [1.29, 1.82) is 0 Å². The normalized spacial score (nSPS) is 12.2. The second-order valence-corrected chi connectivity index (χ2v) is 9.99. The van der Waals surface area contributed by atoms with Gasteiger partial charge in [-0.05, 0) is 54.2 Å². The van der Waals surface area contributed by atoms with E-state index < -0.39 is 7.92 Å². The minimum Gasteiger partial charge on any atom is -0.422 e. The number of esters is 1. The molecule has 29 heavy (non-hydrogen) atoms. The SMILES string of the molecule is CC(C)c1cccc(C(C)C)c1OC(=O)c1ccccc1P(C)c1ccccc1. The van der Waals surface area contributed by atoms with Crippen molar-refractivity contribution in [2.24, 2.45) is 0 Å². The molecule has 3 aromatic carbocycles. The molecular formula is C26H29O2P. The Morgan fingerprint density at radius 2 is 1.31 bits per heavy atom. The number of para-hydroxylation sites is 1. The number of carbonyl (C=O) groups excluding carboxylic acids is 1. The summed E-state index contributed by atoms with van der Waals surface area (Å²) in [7, 11) is -0.640. The van der Waals surface area contributed by atoms with Gasteiger partial charge in [-0.25, -0.2) is 4.79 Å². The minimum atomic E-state index is -0.640. The predicted octanol–water partition coefficient (Wildman–Crippen LogP) is 6.22. The number of carbonyl (C=O) groups is 1. The maximum atomic E-state index is 13.3. The van der Waals surface area contributed by atoms with Gasteiger partial charge in [0.2, 0.25) is 0 Å². The lowest BCUT2D eigenvalue weighted by atomic mass is 9.94. The molecule has 0 aliphatic heterocycles. The van der Waals surface area contributed by atoms with E-state index in [9.17, 15) is 4.79 Å². The highest BCUT2D eigenvalue weighted by molar-refractivity contribution is 7.72. The molecule has 3 rings (SSSR count). The smallest absolute Gasteiger partial charge is 0.344 e. The molecule has 1 atom stereocenters. The van der Waals surface area contributed by atoms with E-state index in [2.05, 4.69) is 64.7 Å². The quantitative estimate of drug-likeness (QED) is 0.277. The van der Waals surface area contributed by atoms with Crippen LogP contribution in [0.4, 0.5) is 0 Å². The van der Waals surface area contributed by atoms with E-state index in [1.165, 1.54) is 5.30 Å². The molecule has 0 spiro atoms. The topological polar surface area (TPSA) is 26.3 Å². The Balaban J connectivity index is 2.00. The first-order valence-electron chi connectivity index (χ1n) is 10.1. The van der Waals surface area contributed by atoms with Gasteiger partial charge in [0.25, 0.3) is 0 Å². The maximum Gasteiger partial charge on any atom is 0.344 e. The minimum absolute atomic E-state index is 0.277. The van der Waals surface area contributed by atoms with Gasteiger partial charge in [-0.2, -0.15) is 0 Å². The summed E-state index contributed by atoms with van der Waals surface area (Å²) < 4.78 is 6.08. The van der Waals surface area contributed by atoms with Gasteiger partial charge in [0.15, 0.2) is 0 Å². The zero-order valence-corrected chi connectivity index (χ0v) is 18.7. The van der Waals surface area contributed by atoms with Crippen molar-refractivity contribution in [3.63, 3.8) is 0 Å². The van der Waals surface area contributed by atoms with E-state index in [0.717, 1.165) is 22.2 Å². The van der Waals surface area contributed by atoms with Crippen molar-refractivity contribution in [3.8, 4) is 5.75 Å². The molecule has 2 nitrogen and oxygen atoms in total. The van der Waals surface area contributed by atoms with Crippen LogP contribution in [0.5, 0.6) is 5.75 Å². The van der Waals surface area contributed by atoms with Gasteiger partial charge in [-0.15, -0.1) is 0 Å². The van der Waals surface area contributed by atoms with Crippen LogP contribution in [-0.4, -0.2) is 12.6 Å². The highest BCUT2D eigenvalue weighted by Crippen LogP contribution is 2.36. The summed E-state index contributed by atoms with van der Waals surface area (Å²) >= 11 is 0. The lowest BCUT2D eigenvalue weighted by Crippen LogP contribution is -2.22. The van der Waals surface area contributed by atoms with Gasteiger partial charge in [-0.1, -0.05) is 94.4 Å². The van der Waals surface area contributed by atoms with Crippen LogP contribution in [0.3, 0.4) is 0 Å². The number of hydrogen-bond acceptors (Lipinski definition) is 2. The Morgan fingerprint density at radius 1 is 0.759 bits per heavy atom. The monoisotopic (exact) mass is 404 g/mol. The molecule has 0 aromatic heterocycles. The molecule has 0 heterocycles. The molecule has 150 valence electrons. The summed E-state index contributed by atoms with van der Waals surface area (Å²) in [6.45, 7) is 10.7. The molecule has 0 N–H and O–H groups in total. The maximum absolute atomic E-state index is 13.3. The molecule has 0 radical (unpaired) electrons. The molecule has 3 aromatic rings. The molecule has 0 saturated heterocycles. The molecule has 0 aliphatic carbocycles. The molecule has 0 aliphatic rings. The number of rotatable bonds is 6. The molecular weight excluding hydrogens is 375 g/mol. The first kappa shape index (κ1) is 21.3. The first-order valence-corrected chi connectivity index (χ1v) is 11.9. The number of benzene rings is 3. The third-order valence-corrected chi connectivity index (χ3v) is 7.33. The Hall–Kier alpha value is -2.44. The zero-order chi connectivity index (χ0) is 21.0. The number of hydrogen-bond donors (Lipinski definition) is 0. The van der Waals surface area contributed by atoms with E-state index in [1.54, 1.807) is 0 Å². The van der Waals surface area contributed by atoms with Crippen molar-refractivity contribution < 1.29 is 9.53 Å². The van der Waals surface area contributed by atoms with Crippen LogP contribution in [-0.2, 0) is 0 Å². The Morgan fingerprint density at radius 3 is 1.90 bits per heavy atom. The predicted molar refractivity (Wildman–Crippen MR) is 125 cm³/mol. The number of ether oxygens (including phenoxy) is 1. The largest absolute Gasteiger partial charge is 0.422 e. The van der Waals surface area contributed by atoms with Crippen molar-refractivity contribution in [1.82, 2.24) is 0 Å². The Labute approximate surface area is 175 Å². The summed E-state index contributed by atoms with van der Waals surface area (Å²) in [5.74, 6) is 0.997. The van der Waals surface area contributed by atoms with Crippen molar-refractivity contribution >= 4 is 24.5 Å². The van der Waals surface area contributed by atoms with E-state index in [4.69, 9.17) is 4.74 Å². The highest BCUT2D eigenvalue weighted by Gasteiger charge is 2.22. The molecule has 3 heteroatoms. The third-order valence-electron chi connectivity index (χ3n) is 5.14. The van der Waals surface area contributed by atoms with Crippen LogP contribution in [0.1, 0.15) is 61.0 Å². The summed E-state index contributed by atoms with van der Waals surface area (Å²) in [5.41, 5.74) is 2.80. The van der Waals surface area contributed by atoms with E-state index >= 15 is 0 Å². The molecule has 0 amide bonds. The third kappa shape index (κ3) is 4.77. The average molecular weight is 404 g/mol. The van der Waals surface area contributed by atoms with Gasteiger partial charge in [0.05, 0.1) is 5.56 Å². The van der Waals surface area contributed by atoms with Crippen LogP contribution in [0.15, 0.2) is 72.8 Å². The summed E-state index contributed by atoms with van der Waals surface area (Å²) in [6.07, 6.45) is 0. The second-order valence-electron chi connectivity index (χ2n) is 7.88. The van der Waals surface area contributed by atoms with E-state index in [0.29, 0.717) is 5.56 Å². The Kier molecular flexibility index (Phi) is 6.87. The standard InChI is InChI=1S/C26H29O2P/c1-18(2)21-15-11-16-22(19(3)4)25(21)28-26(27)23-14-9-10-17-24(23)29(5)20-12-7-6-8-13-20/h6-19H,1-5H3. The van der Waals surface area contributed by atoms with Crippen molar-refractivity contribution in [3.05, 3.63) is 89.5 Å². The molecule has 0 fully saturated rings. The van der Waals surface area contributed by atoms with Crippen molar-refractivity contribution in [2.45, 2.75) is 39.5 Å². The lowest BCUT2D eigenvalue weighted by molar-refractivity contribution is 0.0732. The average Bonchev–Trinajstić information content (AvgIpc) is 2.73. The Bertz CT molecular complexity index is 951. The van der Waals surface area contributed by atoms with Crippen molar-refractivity contribution in [2.75, 3.05) is 6.66 Å². The van der Waals surface area contributed by atoms with Crippen LogP contribution in [0, 0.1) is 0 Å². The van der Waals surface area contributed by atoms with Crippen LogP contribution in [0.2, 0.25) is 0 Å². The van der Waals surface area contributed by atoms with Crippen LogP contribution < -0.4 is 15.3 Å². The lowest BCUT2D eigenvalue weighted by Gasteiger charge is -2.21. The molecule has 0 saturated carbocycles. The molecule has 1 unspecified atom stereocenters. The second kappa shape index (κ2) is 9.37. The van der Waals surface area contributed by atoms with Gasteiger partial charge in [0.1, 0.15) is 5.75 Å². The summed E-state index contributed by atoms with van der Waals surface area (Å²) in [6, 6.07) is 24.4. The summed E-state index contributed by atoms with van der Waals surface area (Å²) in [4.78, 5) is 13.3. The highest BCUT2D eigenvalue weighted by atomic mass is 31.1. The fourth-order valence-electron chi connectivity index (χ4n) is 3.48. The van der Waals surface area contributed by atoms with Gasteiger partial charge in [0, 0.05) is 0 Å². The fourth-order valence-corrected chi connectivity index (χ4v) is 5.21. The van der Waals surface area contributed by atoms with Gasteiger partial charge >= 0.3 is 5.97 Å². The van der Waals surface area contributed by atoms with Crippen LogP contribution in [0.25, 0.3) is 0 Å². The van der Waals surface area contributed by atoms with E-state index in [-0.39, 0.29) is 17.8 Å².